The number of pyridine rings is 3. The highest BCUT2D eigenvalue weighted by molar-refractivity contribution is 6.34. The molecule has 2 fully saturated rings. The molecule has 6 aromatic heterocycles. The Kier molecular flexibility index (Phi) is 19.2. The van der Waals surface area contributed by atoms with Gasteiger partial charge in [-0.25, -0.2) is 43.0 Å². The van der Waals surface area contributed by atoms with Crippen molar-refractivity contribution in [1.29, 1.82) is 0 Å². The van der Waals surface area contributed by atoms with Gasteiger partial charge in [-0.1, -0.05) is 128 Å². The van der Waals surface area contributed by atoms with E-state index >= 15 is 4.39 Å². The van der Waals surface area contributed by atoms with Gasteiger partial charge in [-0.2, -0.15) is 9.97 Å². The van der Waals surface area contributed by atoms with Gasteiger partial charge in [-0.05, 0) is 106 Å². The van der Waals surface area contributed by atoms with Crippen LogP contribution in [0.3, 0.4) is 0 Å². The molecule has 10 rings (SSSR count). The molecule has 21 heteroatoms. The normalized spacial score (nSPS) is 17.1. The molecule has 2 amide bonds. The van der Waals surface area contributed by atoms with E-state index in [9.17, 15) is 19.2 Å². The average Bonchev–Trinajstić information content (AvgIpc) is 0.809. The molecule has 2 aliphatic rings. The van der Waals surface area contributed by atoms with Gasteiger partial charge in [0.15, 0.2) is 11.3 Å². The maximum atomic E-state index is 15.1. The number of halogens is 3. The lowest BCUT2D eigenvalue weighted by Crippen LogP contribution is -2.58. The second kappa shape index (κ2) is 26.3. The van der Waals surface area contributed by atoms with Crippen LogP contribution in [0.5, 0.6) is 0 Å². The molecule has 2 aliphatic heterocycles. The van der Waals surface area contributed by atoms with Crippen LogP contribution in [0.15, 0.2) is 108 Å². The molecule has 2 saturated heterocycles. The molecule has 8 aromatic rings. The Morgan fingerprint density at radius 2 is 1.02 bits per heavy atom. The van der Waals surface area contributed by atoms with Crippen molar-refractivity contribution in [2.24, 2.45) is 0 Å². The van der Waals surface area contributed by atoms with E-state index in [1.807, 2.05) is 117 Å². The molecule has 0 radical (unpaired) electrons. The number of hydrogen-bond donors (Lipinski definition) is 0. The maximum absolute atomic E-state index is 15.1. The van der Waals surface area contributed by atoms with Crippen LogP contribution in [0, 0.1) is 12.7 Å². The quantitative estimate of drug-likeness (QED) is 0.0993. The SMILES string of the molecule is C=CC(=O)N1CC(C)N(c2nc(=O)n(-c3c(C(C)C)nc(C)nc3C(C)C)c3nc(-c4ccccc4F)c(Cl)cc23)CC1C.C=CC(=O)N1CC(C)N(c2nc(=O)n(-c3c(N(C)C)ccnc3C(C)C)c3nc(-c4ccccc4C(C)C)c(Cl)cc23)CC1C. The minimum Gasteiger partial charge on any atom is -0.376 e. The van der Waals surface area contributed by atoms with Crippen LogP contribution in [0.25, 0.3) is 56.0 Å². The van der Waals surface area contributed by atoms with Gasteiger partial charge in [-0.15, -0.1) is 0 Å². The Bertz CT molecular complexity index is 4150. The number of nitrogens with zero attached hydrogens (tertiary/aromatic N) is 14. The molecule has 89 heavy (non-hydrogen) atoms. The summed E-state index contributed by atoms with van der Waals surface area (Å²) in [4.78, 5) is 97.1. The summed E-state index contributed by atoms with van der Waals surface area (Å²) in [6, 6.07) is 19.2. The van der Waals surface area contributed by atoms with Crippen molar-refractivity contribution in [3.8, 4) is 33.9 Å². The molecule has 4 atom stereocenters. The molecule has 466 valence electrons. The van der Waals surface area contributed by atoms with Gasteiger partial charge in [0.2, 0.25) is 11.8 Å². The second-order valence-electron chi connectivity index (χ2n) is 24.6. The summed E-state index contributed by atoms with van der Waals surface area (Å²) in [5.41, 5.74) is 6.85. The first-order chi connectivity index (χ1) is 42.2. The molecule has 4 unspecified atom stereocenters. The van der Waals surface area contributed by atoms with Crippen LogP contribution in [0.2, 0.25) is 10.0 Å². The number of piperazine rings is 2. The highest BCUT2D eigenvalue weighted by Crippen LogP contribution is 2.41. The number of carbonyl (C=O) groups excluding carboxylic acids is 2. The minimum atomic E-state index is -0.567. The van der Waals surface area contributed by atoms with Crippen LogP contribution in [0.1, 0.15) is 135 Å². The van der Waals surface area contributed by atoms with Crippen LogP contribution in [-0.2, 0) is 9.59 Å². The van der Waals surface area contributed by atoms with Crippen molar-refractivity contribution in [2.45, 2.75) is 138 Å². The highest BCUT2D eigenvalue weighted by Gasteiger charge is 2.37. The Labute approximate surface area is 529 Å². The summed E-state index contributed by atoms with van der Waals surface area (Å²) in [5, 5.41) is 1.84. The number of rotatable bonds is 13. The summed E-state index contributed by atoms with van der Waals surface area (Å²) in [6.07, 6.45) is 4.42. The van der Waals surface area contributed by atoms with Gasteiger partial charge in [0, 0.05) is 81.8 Å². The van der Waals surface area contributed by atoms with Crippen LogP contribution >= 0.6 is 23.2 Å². The van der Waals surface area contributed by atoms with E-state index in [0.717, 1.165) is 22.5 Å². The zero-order valence-corrected chi connectivity index (χ0v) is 55.0. The van der Waals surface area contributed by atoms with E-state index < -0.39 is 17.2 Å². The average molecular weight is 1250 g/mol. The van der Waals surface area contributed by atoms with E-state index in [4.69, 9.17) is 53.1 Å². The van der Waals surface area contributed by atoms with E-state index in [1.54, 1.807) is 44.8 Å². The number of hydrogen-bond acceptors (Lipinski definition) is 14. The monoisotopic (exact) mass is 1240 g/mol. The first-order valence-electron chi connectivity index (χ1n) is 30.2. The lowest BCUT2D eigenvalue weighted by Gasteiger charge is -2.44. The Hall–Kier alpha value is -8.42. The van der Waals surface area contributed by atoms with Gasteiger partial charge in [0.05, 0.1) is 66.3 Å². The van der Waals surface area contributed by atoms with Crippen molar-refractivity contribution >= 4 is 74.4 Å². The molecule has 0 aliphatic carbocycles. The molecular formula is C68H79Cl2FN14O4. The third-order valence-electron chi connectivity index (χ3n) is 16.6. The van der Waals surface area contributed by atoms with Gasteiger partial charge >= 0.3 is 11.4 Å². The number of aryl methyl sites for hydroxylation is 1. The number of fused-ring (bicyclic) bond motifs is 2. The minimum absolute atomic E-state index is 0.0197. The highest BCUT2D eigenvalue weighted by atomic mass is 35.5. The second-order valence-corrected chi connectivity index (χ2v) is 25.4. The Morgan fingerprint density at radius 3 is 1.46 bits per heavy atom. The predicted octanol–water partition coefficient (Wildman–Crippen LogP) is 12.6. The summed E-state index contributed by atoms with van der Waals surface area (Å²) in [5.74, 6) is 0.870. The largest absolute Gasteiger partial charge is 0.376 e. The van der Waals surface area contributed by atoms with Crippen LogP contribution in [0.4, 0.5) is 21.7 Å². The number of benzene rings is 2. The fraction of sp³-hybridized carbons (Fsp3) is 0.397. The summed E-state index contributed by atoms with van der Waals surface area (Å²) < 4.78 is 18.1. The smallest absolute Gasteiger partial charge is 0.355 e. The molecule has 8 heterocycles. The Balaban J connectivity index is 0.000000211. The number of carbonyl (C=O) groups is 2. The molecule has 0 saturated carbocycles. The summed E-state index contributed by atoms with van der Waals surface area (Å²) in [7, 11) is 3.89. The maximum Gasteiger partial charge on any atom is 0.355 e. The van der Waals surface area contributed by atoms with Crippen LogP contribution < -0.4 is 26.1 Å². The van der Waals surface area contributed by atoms with E-state index in [-0.39, 0.29) is 81.6 Å². The zero-order chi connectivity index (χ0) is 64.8. The summed E-state index contributed by atoms with van der Waals surface area (Å²) >= 11 is 13.9. The lowest BCUT2D eigenvalue weighted by atomic mass is 9.95. The van der Waals surface area contributed by atoms with Crippen molar-refractivity contribution in [3.63, 3.8) is 0 Å². The molecule has 0 N–H and O–H groups in total. The van der Waals surface area contributed by atoms with Gasteiger partial charge in [0.1, 0.15) is 23.3 Å². The molecular weight excluding hydrogens is 1170 g/mol. The van der Waals surface area contributed by atoms with Crippen molar-refractivity contribution < 1.29 is 14.0 Å². The first-order valence-corrected chi connectivity index (χ1v) is 31.0. The van der Waals surface area contributed by atoms with Crippen molar-refractivity contribution in [3.05, 3.63) is 164 Å². The third kappa shape index (κ3) is 12.5. The topological polar surface area (TPSA) is 185 Å². The fourth-order valence-electron chi connectivity index (χ4n) is 12.1. The lowest BCUT2D eigenvalue weighted by molar-refractivity contribution is -0.129. The zero-order valence-electron chi connectivity index (χ0n) is 53.5. The van der Waals surface area contributed by atoms with E-state index in [0.29, 0.717) is 93.5 Å². The van der Waals surface area contributed by atoms with Crippen molar-refractivity contribution in [2.75, 3.05) is 55.0 Å². The molecule has 2 aromatic carbocycles. The van der Waals surface area contributed by atoms with Gasteiger partial charge < -0.3 is 24.5 Å². The molecule has 18 nitrogen and oxygen atoms in total. The Morgan fingerprint density at radius 1 is 0.584 bits per heavy atom. The van der Waals surface area contributed by atoms with Gasteiger partial charge in [-0.3, -0.25) is 14.6 Å². The van der Waals surface area contributed by atoms with E-state index in [2.05, 4.69) is 56.8 Å². The van der Waals surface area contributed by atoms with Gasteiger partial charge in [0.25, 0.3) is 0 Å². The van der Waals surface area contributed by atoms with Crippen molar-refractivity contribution in [1.82, 2.24) is 53.8 Å². The number of anilines is 3. The molecule has 0 bridgehead atoms. The third-order valence-corrected chi connectivity index (χ3v) is 17.1. The van der Waals surface area contributed by atoms with Crippen LogP contribution in [-0.4, -0.2) is 130 Å². The fourth-order valence-corrected chi connectivity index (χ4v) is 12.6. The number of aromatic nitrogens is 9. The summed E-state index contributed by atoms with van der Waals surface area (Å²) in [6.45, 7) is 35.3. The number of amides is 2. The van der Waals surface area contributed by atoms with E-state index in [1.165, 1.54) is 22.8 Å². The first kappa shape index (κ1) is 65.0. The molecule has 0 spiro atoms. The standard InChI is InChI=1S/C35H42ClN7O2.C33H37ClFN7O2/c1-10-29(44)41-18-23(7)42(19-22(41)6)33-26-17-27(36)31(25-14-12-11-13-24(25)20(2)3)38-34(26)43(35(45)39-33)32-28(40(8)9)15-16-37-30(32)21(4)5;1-9-26(43)40-15-20(7)41(16-19(40)6)31-23-14-24(34)29(22-12-10-11-13-25(22)35)38-32(23)42(33(44)39-31)30-27(17(2)3)36-21(8)37-28(30)18(4)5/h10-17,20-23H,1,18-19H2,2-9H3;9-14,17-20H,1,15-16H2,2-8H3. The predicted molar refractivity (Wildman–Crippen MR) is 356 cm³/mol.